The van der Waals surface area contributed by atoms with Gasteiger partial charge < -0.3 is 14.6 Å². The Hall–Kier alpha value is -3.70. The van der Waals surface area contributed by atoms with Crippen LogP contribution in [0.3, 0.4) is 0 Å². The van der Waals surface area contributed by atoms with Crippen molar-refractivity contribution in [1.29, 1.82) is 0 Å². The number of carbonyl (C=O) groups is 2. The summed E-state index contributed by atoms with van der Waals surface area (Å²) in [7, 11) is 0. The molecular weight excluding hydrogens is 813 g/mol. The predicted octanol–water partition coefficient (Wildman–Crippen LogP) is 18.3. The third-order valence-electron chi connectivity index (χ3n) is 11.2. The molecule has 0 aromatic rings. The van der Waals surface area contributed by atoms with Gasteiger partial charge in [-0.25, -0.2) is 0 Å². The molecule has 1 unspecified atom stereocenters. The minimum atomic E-state index is -0.780. The first kappa shape index (κ1) is 62.3. The molecule has 0 spiro atoms. The maximum absolute atomic E-state index is 12.2. The Kier molecular flexibility index (Phi) is 52.5. The van der Waals surface area contributed by atoms with Gasteiger partial charge in [0.1, 0.15) is 6.61 Å². The van der Waals surface area contributed by atoms with Crippen molar-refractivity contribution in [1.82, 2.24) is 0 Å². The van der Waals surface area contributed by atoms with Crippen LogP contribution in [0, 0.1) is 0 Å². The fourth-order valence-corrected chi connectivity index (χ4v) is 7.18. The van der Waals surface area contributed by atoms with E-state index >= 15 is 0 Å². The van der Waals surface area contributed by atoms with Crippen molar-refractivity contribution in [2.24, 2.45) is 0 Å². The fraction of sp³-hybridized carbons (Fsp3) is 0.639. The Labute approximate surface area is 407 Å². The molecule has 0 aliphatic rings. The Morgan fingerprint density at radius 3 is 1.00 bits per heavy atom. The quantitative estimate of drug-likeness (QED) is 0.0374. The second kappa shape index (κ2) is 55.6. The maximum atomic E-state index is 12.2. The molecule has 0 heterocycles. The van der Waals surface area contributed by atoms with Gasteiger partial charge in [0, 0.05) is 12.8 Å². The van der Waals surface area contributed by atoms with E-state index in [1.165, 1.54) is 103 Å². The lowest BCUT2D eigenvalue weighted by atomic mass is 10.0. The molecule has 5 heteroatoms. The summed E-state index contributed by atoms with van der Waals surface area (Å²) >= 11 is 0. The van der Waals surface area contributed by atoms with Crippen molar-refractivity contribution in [3.8, 4) is 0 Å². The second-order valence-electron chi connectivity index (χ2n) is 17.6. The Morgan fingerprint density at radius 2 is 0.652 bits per heavy atom. The standard InChI is InChI=1S/C61H100O5/c1-3-5-7-9-11-13-15-16-17-18-19-20-21-22-23-24-25-26-27-28-29-30-31-32-33-34-35-36-37-38-39-40-41-42-43-44-46-48-50-52-54-56-61(64)66-59(57-62)58-65-60(63)55-53-51-49-47-45-14-12-10-8-6-4-2/h5,7,10-13,16-17,19-20,22-23,25-26,28-29,31-32,34-35,59,62H,3-4,6,8-9,14-15,18,21,24,27,30,33,36-58H2,1-2H3/b7-5-,12-10-,13-11-,17-16-,20-19-,23-22-,26-25-,29-28-,32-31-,35-34-. The highest BCUT2D eigenvalue weighted by Gasteiger charge is 2.16. The summed E-state index contributed by atoms with van der Waals surface area (Å²) in [4.78, 5) is 24.3. The van der Waals surface area contributed by atoms with Crippen LogP contribution < -0.4 is 0 Å². The minimum absolute atomic E-state index is 0.0745. The van der Waals surface area contributed by atoms with Gasteiger partial charge in [0.15, 0.2) is 6.10 Å². The lowest BCUT2D eigenvalue weighted by molar-refractivity contribution is -0.161. The lowest BCUT2D eigenvalue weighted by Crippen LogP contribution is -2.28. The molecule has 1 N–H and O–H groups in total. The molecule has 0 saturated heterocycles. The van der Waals surface area contributed by atoms with Crippen LogP contribution in [0.4, 0.5) is 0 Å². The molecule has 374 valence electrons. The number of aliphatic hydroxyl groups excluding tert-OH is 1. The van der Waals surface area contributed by atoms with Crippen LogP contribution in [0.2, 0.25) is 0 Å². The lowest BCUT2D eigenvalue weighted by Gasteiger charge is -2.15. The number of carbonyl (C=O) groups excluding carboxylic acids is 2. The summed E-state index contributed by atoms with van der Waals surface area (Å²) in [5.74, 6) is -0.607. The zero-order valence-corrected chi connectivity index (χ0v) is 42.7. The molecule has 1 atom stereocenters. The number of unbranched alkanes of at least 4 members (excludes halogenated alkanes) is 20. The predicted molar refractivity (Wildman–Crippen MR) is 288 cm³/mol. The molecule has 0 amide bonds. The van der Waals surface area contributed by atoms with Gasteiger partial charge in [-0.2, -0.15) is 0 Å². The molecule has 0 rings (SSSR count). The average Bonchev–Trinajstić information content (AvgIpc) is 3.32. The SMILES string of the molecule is CC/C=C\C/C=C\C/C=C\C/C=C\C/C=C\C/C=C\C/C=C\C/C=C\C/C=C\CCCCCCCCCCCCCCCC(=O)OC(CO)COC(=O)CCCCCCC/C=C\CCCC. The molecule has 0 aliphatic carbocycles. The van der Waals surface area contributed by atoms with E-state index in [0.717, 1.165) is 103 Å². The molecular formula is C61H100O5. The van der Waals surface area contributed by atoms with E-state index in [1.54, 1.807) is 0 Å². The van der Waals surface area contributed by atoms with Crippen LogP contribution in [-0.2, 0) is 19.1 Å². The molecule has 5 nitrogen and oxygen atoms in total. The van der Waals surface area contributed by atoms with E-state index in [2.05, 4.69) is 135 Å². The summed E-state index contributed by atoms with van der Waals surface area (Å²) in [6, 6.07) is 0. The minimum Gasteiger partial charge on any atom is -0.462 e. The zero-order valence-electron chi connectivity index (χ0n) is 42.7. The monoisotopic (exact) mass is 913 g/mol. The van der Waals surface area contributed by atoms with E-state index in [9.17, 15) is 14.7 Å². The topological polar surface area (TPSA) is 72.8 Å². The van der Waals surface area contributed by atoms with Gasteiger partial charge in [-0.05, 0) is 103 Å². The van der Waals surface area contributed by atoms with Crippen molar-refractivity contribution >= 4 is 11.9 Å². The number of hydrogen-bond donors (Lipinski definition) is 1. The van der Waals surface area contributed by atoms with Crippen LogP contribution in [0.1, 0.15) is 232 Å². The van der Waals surface area contributed by atoms with E-state index in [1.807, 2.05) is 0 Å². The molecule has 0 saturated carbocycles. The normalized spacial score (nSPS) is 13.2. The van der Waals surface area contributed by atoms with Crippen molar-refractivity contribution in [3.63, 3.8) is 0 Å². The van der Waals surface area contributed by atoms with Gasteiger partial charge in [0.2, 0.25) is 0 Å². The molecule has 0 radical (unpaired) electrons. The summed E-state index contributed by atoms with van der Waals surface area (Å²) in [5.41, 5.74) is 0. The van der Waals surface area contributed by atoms with Crippen molar-refractivity contribution in [2.45, 2.75) is 238 Å². The number of esters is 2. The zero-order chi connectivity index (χ0) is 47.7. The third kappa shape index (κ3) is 52.9. The van der Waals surface area contributed by atoms with E-state index < -0.39 is 6.10 Å². The molecule has 0 aromatic heterocycles. The van der Waals surface area contributed by atoms with Crippen LogP contribution in [-0.4, -0.2) is 36.4 Å². The smallest absolute Gasteiger partial charge is 0.306 e. The number of rotatable bonds is 48. The van der Waals surface area contributed by atoms with Crippen molar-refractivity contribution < 1.29 is 24.2 Å². The van der Waals surface area contributed by atoms with Crippen LogP contribution in [0.15, 0.2) is 122 Å². The molecule has 0 bridgehead atoms. The van der Waals surface area contributed by atoms with E-state index in [0.29, 0.717) is 12.8 Å². The molecule has 66 heavy (non-hydrogen) atoms. The molecule has 0 aromatic carbocycles. The summed E-state index contributed by atoms with van der Waals surface area (Å²) in [6.07, 6.45) is 81.7. The highest BCUT2D eigenvalue weighted by molar-refractivity contribution is 5.70. The Morgan fingerprint density at radius 1 is 0.364 bits per heavy atom. The number of ether oxygens (including phenoxy) is 2. The highest BCUT2D eigenvalue weighted by atomic mass is 16.6. The first-order valence-corrected chi connectivity index (χ1v) is 27.1. The van der Waals surface area contributed by atoms with Gasteiger partial charge in [-0.3, -0.25) is 9.59 Å². The largest absolute Gasteiger partial charge is 0.462 e. The number of aliphatic hydroxyl groups is 1. The van der Waals surface area contributed by atoms with Gasteiger partial charge >= 0.3 is 11.9 Å². The van der Waals surface area contributed by atoms with Gasteiger partial charge in [0.25, 0.3) is 0 Å². The molecule has 0 fully saturated rings. The molecule has 0 aliphatic heterocycles. The van der Waals surface area contributed by atoms with Crippen molar-refractivity contribution in [3.05, 3.63) is 122 Å². The van der Waals surface area contributed by atoms with Gasteiger partial charge in [-0.15, -0.1) is 0 Å². The highest BCUT2D eigenvalue weighted by Crippen LogP contribution is 2.15. The summed E-state index contributed by atoms with van der Waals surface area (Å²) < 4.78 is 10.6. The van der Waals surface area contributed by atoms with Crippen LogP contribution >= 0.6 is 0 Å². The Balaban J connectivity index is 3.54. The van der Waals surface area contributed by atoms with Crippen LogP contribution in [0.5, 0.6) is 0 Å². The Bertz CT molecular complexity index is 1350. The number of allylic oxidation sites excluding steroid dienone is 20. The van der Waals surface area contributed by atoms with E-state index in [-0.39, 0.29) is 25.2 Å². The van der Waals surface area contributed by atoms with Gasteiger partial charge in [0.05, 0.1) is 6.61 Å². The first-order valence-electron chi connectivity index (χ1n) is 27.1. The number of hydrogen-bond acceptors (Lipinski definition) is 5. The van der Waals surface area contributed by atoms with Crippen molar-refractivity contribution in [2.75, 3.05) is 13.2 Å². The van der Waals surface area contributed by atoms with Crippen LogP contribution in [0.25, 0.3) is 0 Å². The third-order valence-corrected chi connectivity index (χ3v) is 11.2. The fourth-order valence-electron chi connectivity index (χ4n) is 7.18. The van der Waals surface area contributed by atoms with E-state index in [4.69, 9.17) is 9.47 Å². The summed E-state index contributed by atoms with van der Waals surface area (Å²) in [5, 5.41) is 9.59. The first-order chi connectivity index (χ1) is 32.6. The average molecular weight is 913 g/mol. The summed E-state index contributed by atoms with van der Waals surface area (Å²) in [6.45, 7) is 3.97. The second-order valence-corrected chi connectivity index (χ2v) is 17.6. The van der Waals surface area contributed by atoms with Gasteiger partial charge in [-0.1, -0.05) is 238 Å². The maximum Gasteiger partial charge on any atom is 0.306 e.